The van der Waals surface area contributed by atoms with Crippen molar-refractivity contribution in [3.05, 3.63) is 66.7 Å². The maximum Gasteiger partial charge on any atom is 0.417 e. The van der Waals surface area contributed by atoms with Gasteiger partial charge in [0.05, 0.1) is 0 Å². The highest BCUT2D eigenvalue weighted by molar-refractivity contribution is 5.92. The van der Waals surface area contributed by atoms with Gasteiger partial charge in [0.15, 0.2) is 0 Å². The molecule has 0 radical (unpaired) electrons. The summed E-state index contributed by atoms with van der Waals surface area (Å²) in [5, 5.41) is 14.0. The van der Waals surface area contributed by atoms with Gasteiger partial charge in [0.2, 0.25) is 0 Å². The first-order valence-corrected chi connectivity index (χ1v) is 6.47. The second-order valence-corrected chi connectivity index (χ2v) is 4.57. The molecule has 2 N–H and O–H groups in total. The van der Waals surface area contributed by atoms with Gasteiger partial charge in [0, 0.05) is 5.69 Å². The molecule has 1 amide bonds. The minimum absolute atomic E-state index is 0.187. The fraction of sp³-hybridized carbons (Fsp3) is 0. The van der Waals surface area contributed by atoms with Crippen LogP contribution in [0.4, 0.5) is 10.5 Å². The standard InChI is InChI=1S/C17H13NO3/c19-15-9-7-12-6-8-14(10-13(12)11-15)18-17(20)21-16-4-2-1-3-5-16/h1-11,19H,(H,18,20). The van der Waals surface area contributed by atoms with Crippen LogP contribution in [0.2, 0.25) is 0 Å². The smallest absolute Gasteiger partial charge is 0.417 e. The number of aromatic hydroxyl groups is 1. The lowest BCUT2D eigenvalue weighted by molar-refractivity contribution is 0.215. The molecule has 0 atom stereocenters. The van der Waals surface area contributed by atoms with E-state index in [9.17, 15) is 9.90 Å². The lowest BCUT2D eigenvalue weighted by atomic mass is 10.1. The van der Waals surface area contributed by atoms with Gasteiger partial charge >= 0.3 is 6.09 Å². The van der Waals surface area contributed by atoms with Gasteiger partial charge in [-0.15, -0.1) is 0 Å². The summed E-state index contributed by atoms with van der Waals surface area (Å²) in [6.07, 6.45) is -0.555. The average molecular weight is 279 g/mol. The van der Waals surface area contributed by atoms with Gasteiger partial charge in [-0.05, 0) is 47.2 Å². The summed E-state index contributed by atoms with van der Waals surface area (Å²) in [5.41, 5.74) is 0.606. The van der Waals surface area contributed by atoms with E-state index in [2.05, 4.69) is 5.32 Å². The van der Waals surface area contributed by atoms with Crippen LogP contribution in [0.5, 0.6) is 11.5 Å². The van der Waals surface area contributed by atoms with Gasteiger partial charge in [-0.3, -0.25) is 5.32 Å². The number of rotatable bonds is 2. The Hall–Kier alpha value is -3.01. The highest BCUT2D eigenvalue weighted by Gasteiger charge is 2.05. The van der Waals surface area contributed by atoms with Crippen LogP contribution in [0, 0.1) is 0 Å². The van der Waals surface area contributed by atoms with Crippen molar-refractivity contribution in [2.24, 2.45) is 0 Å². The third kappa shape index (κ3) is 3.12. The summed E-state index contributed by atoms with van der Waals surface area (Å²) in [5.74, 6) is 0.667. The second kappa shape index (κ2) is 5.54. The molecule has 104 valence electrons. The van der Waals surface area contributed by atoms with E-state index in [0.717, 1.165) is 10.8 Å². The number of nitrogens with one attached hydrogen (secondary N) is 1. The van der Waals surface area contributed by atoms with Gasteiger partial charge in [0.1, 0.15) is 11.5 Å². The van der Waals surface area contributed by atoms with Crippen molar-refractivity contribution in [3.8, 4) is 11.5 Å². The predicted molar refractivity (Wildman–Crippen MR) is 81.7 cm³/mol. The van der Waals surface area contributed by atoms with Crippen LogP contribution in [0.3, 0.4) is 0 Å². The fourth-order valence-electron chi connectivity index (χ4n) is 2.05. The molecule has 4 heteroatoms. The first-order chi connectivity index (χ1) is 10.2. The highest BCUT2D eigenvalue weighted by atomic mass is 16.6. The minimum Gasteiger partial charge on any atom is -0.508 e. The highest BCUT2D eigenvalue weighted by Crippen LogP contribution is 2.23. The molecule has 0 fully saturated rings. The number of para-hydroxylation sites is 1. The molecule has 0 bridgehead atoms. The van der Waals surface area contributed by atoms with E-state index >= 15 is 0 Å². The van der Waals surface area contributed by atoms with Crippen LogP contribution < -0.4 is 10.1 Å². The first-order valence-electron chi connectivity index (χ1n) is 6.47. The van der Waals surface area contributed by atoms with E-state index in [0.29, 0.717) is 11.4 Å². The number of hydrogen-bond donors (Lipinski definition) is 2. The van der Waals surface area contributed by atoms with Gasteiger partial charge in [-0.25, -0.2) is 4.79 Å². The normalized spacial score (nSPS) is 10.3. The molecule has 3 aromatic rings. The summed E-state index contributed by atoms with van der Waals surface area (Å²) < 4.78 is 5.15. The minimum atomic E-state index is -0.555. The van der Waals surface area contributed by atoms with Crippen molar-refractivity contribution >= 4 is 22.6 Å². The number of hydrogen-bond acceptors (Lipinski definition) is 3. The zero-order valence-electron chi connectivity index (χ0n) is 11.1. The van der Waals surface area contributed by atoms with Crippen molar-refractivity contribution in [3.63, 3.8) is 0 Å². The molecule has 0 unspecified atom stereocenters. The molecule has 3 aromatic carbocycles. The Morgan fingerprint density at radius 1 is 0.905 bits per heavy atom. The topological polar surface area (TPSA) is 58.6 Å². The quantitative estimate of drug-likeness (QED) is 0.740. The Bertz CT molecular complexity index is 784. The van der Waals surface area contributed by atoms with E-state index in [1.54, 1.807) is 48.5 Å². The number of carbonyl (C=O) groups excluding carboxylic acids is 1. The summed E-state index contributed by atoms with van der Waals surface area (Å²) in [6, 6.07) is 19.4. The number of fused-ring (bicyclic) bond motifs is 1. The summed E-state index contributed by atoms with van der Waals surface area (Å²) >= 11 is 0. The maximum atomic E-state index is 11.8. The Balaban J connectivity index is 1.76. The van der Waals surface area contributed by atoms with Gasteiger partial charge in [0.25, 0.3) is 0 Å². The molecular weight excluding hydrogens is 266 g/mol. The number of ether oxygens (including phenoxy) is 1. The molecule has 4 nitrogen and oxygen atoms in total. The third-order valence-corrected chi connectivity index (χ3v) is 3.02. The molecule has 0 aliphatic rings. The Labute approximate surface area is 121 Å². The summed E-state index contributed by atoms with van der Waals surface area (Å²) in [4.78, 5) is 11.8. The van der Waals surface area contributed by atoms with Crippen molar-refractivity contribution in [1.29, 1.82) is 0 Å². The van der Waals surface area contributed by atoms with Gasteiger partial charge in [-0.2, -0.15) is 0 Å². The number of anilines is 1. The average Bonchev–Trinajstić information content (AvgIpc) is 2.47. The van der Waals surface area contributed by atoms with Crippen molar-refractivity contribution in [2.45, 2.75) is 0 Å². The SMILES string of the molecule is O=C(Nc1ccc2ccc(O)cc2c1)Oc1ccccc1. The number of phenolic OH excluding ortho intramolecular Hbond substituents is 1. The lowest BCUT2D eigenvalue weighted by Gasteiger charge is -2.07. The van der Waals surface area contributed by atoms with Crippen LogP contribution in [0.25, 0.3) is 10.8 Å². The van der Waals surface area contributed by atoms with E-state index < -0.39 is 6.09 Å². The van der Waals surface area contributed by atoms with E-state index in [-0.39, 0.29) is 5.75 Å². The third-order valence-electron chi connectivity index (χ3n) is 3.02. The number of benzene rings is 3. The molecule has 0 aliphatic heterocycles. The number of carbonyl (C=O) groups is 1. The Kier molecular flexibility index (Phi) is 3.43. The van der Waals surface area contributed by atoms with Gasteiger partial charge in [-0.1, -0.05) is 30.3 Å². The van der Waals surface area contributed by atoms with E-state index in [4.69, 9.17) is 4.74 Å². The zero-order chi connectivity index (χ0) is 14.7. The summed E-state index contributed by atoms with van der Waals surface area (Å²) in [7, 11) is 0. The number of amides is 1. The van der Waals surface area contributed by atoms with E-state index in [1.165, 1.54) is 0 Å². The van der Waals surface area contributed by atoms with Crippen LogP contribution >= 0.6 is 0 Å². The number of phenols is 1. The molecule has 0 spiro atoms. The predicted octanol–water partition coefficient (Wildman–Crippen LogP) is 4.16. The molecule has 0 heterocycles. The zero-order valence-corrected chi connectivity index (χ0v) is 11.1. The monoisotopic (exact) mass is 279 g/mol. The molecule has 0 aromatic heterocycles. The van der Waals surface area contributed by atoms with Crippen LogP contribution in [0.1, 0.15) is 0 Å². The van der Waals surface area contributed by atoms with Crippen molar-refractivity contribution in [1.82, 2.24) is 0 Å². The molecule has 0 aliphatic carbocycles. The molecular formula is C17H13NO3. The molecule has 21 heavy (non-hydrogen) atoms. The van der Waals surface area contributed by atoms with Crippen LogP contribution in [-0.2, 0) is 0 Å². The Morgan fingerprint density at radius 2 is 1.67 bits per heavy atom. The summed E-state index contributed by atoms with van der Waals surface area (Å²) in [6.45, 7) is 0. The van der Waals surface area contributed by atoms with Crippen LogP contribution in [0.15, 0.2) is 66.7 Å². The first kappa shape index (κ1) is 13.0. The fourth-order valence-corrected chi connectivity index (χ4v) is 2.05. The van der Waals surface area contributed by atoms with Crippen molar-refractivity contribution in [2.75, 3.05) is 5.32 Å². The van der Waals surface area contributed by atoms with Gasteiger partial charge < -0.3 is 9.84 Å². The maximum absolute atomic E-state index is 11.8. The Morgan fingerprint density at radius 3 is 2.48 bits per heavy atom. The largest absolute Gasteiger partial charge is 0.508 e. The second-order valence-electron chi connectivity index (χ2n) is 4.57. The lowest BCUT2D eigenvalue weighted by Crippen LogP contribution is -2.16. The molecule has 3 rings (SSSR count). The van der Waals surface area contributed by atoms with E-state index in [1.807, 2.05) is 18.2 Å². The molecule has 0 saturated heterocycles. The molecule has 0 saturated carbocycles. The van der Waals surface area contributed by atoms with Crippen molar-refractivity contribution < 1.29 is 14.6 Å². The van der Waals surface area contributed by atoms with Crippen LogP contribution in [-0.4, -0.2) is 11.2 Å².